The van der Waals surface area contributed by atoms with Crippen LogP contribution in [-0.2, 0) is 11.8 Å². The first-order valence-corrected chi connectivity index (χ1v) is 7.12. The molecule has 0 amide bonds. The number of benzene rings is 1. The van der Waals surface area contributed by atoms with Crippen LogP contribution in [0.15, 0.2) is 42.7 Å². The first-order valence-electron chi connectivity index (χ1n) is 6.75. The van der Waals surface area contributed by atoms with E-state index in [2.05, 4.69) is 37.9 Å². The fourth-order valence-electron chi connectivity index (χ4n) is 2.10. The van der Waals surface area contributed by atoms with Gasteiger partial charge in [-0.2, -0.15) is 0 Å². The van der Waals surface area contributed by atoms with Crippen LogP contribution in [0.5, 0.6) is 0 Å². The van der Waals surface area contributed by atoms with Gasteiger partial charge in [0.2, 0.25) is 0 Å². The summed E-state index contributed by atoms with van der Waals surface area (Å²) in [5.41, 5.74) is 3.20. The van der Waals surface area contributed by atoms with E-state index in [1.54, 1.807) is 12.4 Å². The summed E-state index contributed by atoms with van der Waals surface area (Å²) in [7, 11) is 0. The van der Waals surface area contributed by atoms with E-state index in [9.17, 15) is 5.11 Å². The van der Waals surface area contributed by atoms with Crippen molar-refractivity contribution in [3.05, 3.63) is 64.4 Å². The second-order valence-electron chi connectivity index (χ2n) is 6.06. The van der Waals surface area contributed by atoms with Gasteiger partial charge in [-0.05, 0) is 28.2 Å². The largest absolute Gasteiger partial charge is 0.388 e. The number of pyridine rings is 1. The molecule has 3 heteroatoms. The minimum Gasteiger partial charge on any atom is -0.388 e. The predicted molar refractivity (Wildman–Crippen MR) is 83.1 cm³/mol. The van der Waals surface area contributed by atoms with Crippen molar-refractivity contribution in [1.82, 2.24) is 4.98 Å². The molecule has 1 heterocycles. The van der Waals surface area contributed by atoms with Crippen LogP contribution in [-0.4, -0.2) is 10.1 Å². The van der Waals surface area contributed by atoms with Gasteiger partial charge < -0.3 is 5.11 Å². The summed E-state index contributed by atoms with van der Waals surface area (Å²) in [6.45, 7) is 6.53. The van der Waals surface area contributed by atoms with Gasteiger partial charge in [0.1, 0.15) is 0 Å². The molecule has 106 valence electrons. The lowest BCUT2D eigenvalue weighted by Gasteiger charge is -2.20. The lowest BCUT2D eigenvalue weighted by Crippen LogP contribution is -2.11. The highest BCUT2D eigenvalue weighted by atomic mass is 35.5. The summed E-state index contributed by atoms with van der Waals surface area (Å²) < 4.78 is 0. The minimum absolute atomic E-state index is 0.123. The second-order valence-corrected chi connectivity index (χ2v) is 6.47. The Labute approximate surface area is 125 Å². The SMILES string of the molecule is CC(C)(C)c1ccc(C(O)Cc2ccncc2Cl)cc1. The van der Waals surface area contributed by atoms with Crippen LogP contribution in [0.25, 0.3) is 0 Å². The van der Waals surface area contributed by atoms with Crippen molar-refractivity contribution in [2.45, 2.75) is 38.7 Å². The van der Waals surface area contributed by atoms with Crippen molar-refractivity contribution in [2.75, 3.05) is 0 Å². The summed E-state index contributed by atoms with van der Waals surface area (Å²) in [5, 5.41) is 10.9. The fraction of sp³-hybridized carbons (Fsp3) is 0.353. The average Bonchev–Trinajstić information content (AvgIpc) is 2.40. The van der Waals surface area contributed by atoms with Crippen molar-refractivity contribution in [3.8, 4) is 0 Å². The van der Waals surface area contributed by atoms with Gasteiger partial charge in [0, 0.05) is 18.8 Å². The molecule has 0 bridgehead atoms. The number of aliphatic hydroxyl groups excluding tert-OH is 1. The Morgan fingerprint density at radius 2 is 1.80 bits per heavy atom. The number of rotatable bonds is 3. The van der Waals surface area contributed by atoms with Crippen LogP contribution in [0.3, 0.4) is 0 Å². The highest BCUT2D eigenvalue weighted by Crippen LogP contribution is 2.26. The van der Waals surface area contributed by atoms with Crippen molar-refractivity contribution < 1.29 is 5.11 Å². The maximum Gasteiger partial charge on any atom is 0.0830 e. The third-order valence-electron chi connectivity index (χ3n) is 3.43. The molecule has 1 aromatic carbocycles. The van der Waals surface area contributed by atoms with E-state index in [0.29, 0.717) is 11.4 Å². The Bertz CT molecular complexity index is 572. The average molecular weight is 290 g/mol. The molecule has 1 aromatic heterocycles. The zero-order valence-corrected chi connectivity index (χ0v) is 12.9. The number of hydrogen-bond donors (Lipinski definition) is 1. The van der Waals surface area contributed by atoms with Gasteiger partial charge in [0.25, 0.3) is 0 Å². The monoisotopic (exact) mass is 289 g/mol. The van der Waals surface area contributed by atoms with E-state index in [0.717, 1.165) is 11.1 Å². The van der Waals surface area contributed by atoms with Gasteiger partial charge in [-0.3, -0.25) is 4.98 Å². The number of aromatic nitrogens is 1. The number of hydrogen-bond acceptors (Lipinski definition) is 2. The molecule has 1 unspecified atom stereocenters. The van der Waals surface area contributed by atoms with Crippen LogP contribution in [0, 0.1) is 0 Å². The predicted octanol–water partition coefficient (Wildman–Crippen LogP) is 4.31. The molecule has 1 atom stereocenters. The lowest BCUT2D eigenvalue weighted by atomic mass is 9.86. The lowest BCUT2D eigenvalue weighted by molar-refractivity contribution is 0.178. The van der Waals surface area contributed by atoms with E-state index in [1.807, 2.05) is 18.2 Å². The topological polar surface area (TPSA) is 33.1 Å². The number of halogens is 1. The van der Waals surface area contributed by atoms with E-state index in [1.165, 1.54) is 5.56 Å². The van der Waals surface area contributed by atoms with Crippen LogP contribution in [0.4, 0.5) is 0 Å². The Hall–Kier alpha value is -1.38. The molecule has 0 fully saturated rings. The zero-order valence-electron chi connectivity index (χ0n) is 12.1. The Kier molecular flexibility index (Phi) is 4.46. The number of aliphatic hydroxyl groups is 1. The maximum absolute atomic E-state index is 10.3. The van der Waals surface area contributed by atoms with E-state index in [-0.39, 0.29) is 5.41 Å². The quantitative estimate of drug-likeness (QED) is 0.913. The van der Waals surface area contributed by atoms with Gasteiger partial charge in [-0.1, -0.05) is 56.6 Å². The van der Waals surface area contributed by atoms with Crippen molar-refractivity contribution in [2.24, 2.45) is 0 Å². The van der Waals surface area contributed by atoms with Crippen LogP contribution >= 0.6 is 11.6 Å². The third-order valence-corrected chi connectivity index (χ3v) is 3.77. The molecule has 20 heavy (non-hydrogen) atoms. The molecular formula is C17H20ClNO. The van der Waals surface area contributed by atoms with Gasteiger partial charge in [0.15, 0.2) is 0 Å². The van der Waals surface area contributed by atoms with Gasteiger partial charge in [-0.25, -0.2) is 0 Å². The minimum atomic E-state index is -0.552. The van der Waals surface area contributed by atoms with Crippen molar-refractivity contribution in [1.29, 1.82) is 0 Å². The molecule has 0 saturated heterocycles. The summed E-state index contributed by atoms with van der Waals surface area (Å²) in [6, 6.07) is 9.97. The highest BCUT2D eigenvalue weighted by molar-refractivity contribution is 6.31. The van der Waals surface area contributed by atoms with Gasteiger partial charge in [0.05, 0.1) is 11.1 Å². The Balaban J connectivity index is 2.14. The molecule has 0 aliphatic rings. The molecule has 2 rings (SSSR count). The van der Waals surface area contributed by atoms with E-state index >= 15 is 0 Å². The molecule has 0 aliphatic carbocycles. The van der Waals surface area contributed by atoms with Crippen molar-refractivity contribution >= 4 is 11.6 Å². The smallest absolute Gasteiger partial charge is 0.0830 e. The normalized spacial score (nSPS) is 13.2. The molecule has 0 saturated carbocycles. The summed E-state index contributed by atoms with van der Waals surface area (Å²) >= 11 is 6.07. The second kappa shape index (κ2) is 5.94. The molecule has 0 spiro atoms. The number of nitrogens with zero attached hydrogens (tertiary/aromatic N) is 1. The summed E-state index contributed by atoms with van der Waals surface area (Å²) in [6.07, 6.45) is 3.24. The van der Waals surface area contributed by atoms with Gasteiger partial charge in [-0.15, -0.1) is 0 Å². The molecule has 0 radical (unpaired) electrons. The molecule has 2 aromatic rings. The molecular weight excluding hydrogens is 270 g/mol. The Morgan fingerprint density at radius 3 is 2.35 bits per heavy atom. The van der Waals surface area contributed by atoms with Gasteiger partial charge >= 0.3 is 0 Å². The third kappa shape index (κ3) is 3.59. The summed E-state index contributed by atoms with van der Waals surface area (Å²) in [4.78, 5) is 3.95. The van der Waals surface area contributed by atoms with Crippen molar-refractivity contribution in [3.63, 3.8) is 0 Å². The first kappa shape index (κ1) is 15.0. The van der Waals surface area contributed by atoms with E-state index in [4.69, 9.17) is 11.6 Å². The van der Waals surface area contributed by atoms with Crippen LogP contribution in [0.2, 0.25) is 5.02 Å². The maximum atomic E-state index is 10.3. The Morgan fingerprint density at radius 1 is 1.15 bits per heavy atom. The first-order chi connectivity index (χ1) is 9.38. The highest BCUT2D eigenvalue weighted by Gasteiger charge is 2.15. The fourth-order valence-corrected chi connectivity index (χ4v) is 2.30. The van der Waals surface area contributed by atoms with Crippen LogP contribution in [0.1, 0.15) is 43.6 Å². The zero-order chi connectivity index (χ0) is 14.8. The van der Waals surface area contributed by atoms with E-state index < -0.39 is 6.10 Å². The van der Waals surface area contributed by atoms with Crippen LogP contribution < -0.4 is 0 Å². The standard InChI is InChI=1S/C17H20ClNO/c1-17(2,3)14-6-4-12(5-7-14)16(20)10-13-8-9-19-11-15(13)18/h4-9,11,16,20H,10H2,1-3H3. The summed E-state index contributed by atoms with van der Waals surface area (Å²) in [5.74, 6) is 0. The molecule has 0 aliphatic heterocycles. The molecule has 2 nitrogen and oxygen atoms in total. The molecule has 1 N–H and O–H groups in total.